The molecule has 1 aromatic heterocycles. The van der Waals surface area contributed by atoms with Crippen LogP contribution >= 0.6 is 0 Å². The SMILES string of the molecule is CCCNC(C)c1nnnn1CC1CCOCC1. The van der Waals surface area contributed by atoms with Crippen molar-refractivity contribution in [1.29, 1.82) is 0 Å². The van der Waals surface area contributed by atoms with Gasteiger partial charge in [-0.2, -0.15) is 0 Å². The largest absolute Gasteiger partial charge is 0.381 e. The van der Waals surface area contributed by atoms with Gasteiger partial charge in [-0.1, -0.05) is 6.92 Å². The number of aromatic nitrogens is 4. The Morgan fingerprint density at radius 1 is 1.44 bits per heavy atom. The predicted molar refractivity (Wildman–Crippen MR) is 68.1 cm³/mol. The summed E-state index contributed by atoms with van der Waals surface area (Å²) in [6.07, 6.45) is 3.33. The fourth-order valence-corrected chi connectivity index (χ4v) is 2.28. The van der Waals surface area contributed by atoms with Crippen LogP contribution in [0.15, 0.2) is 0 Å². The van der Waals surface area contributed by atoms with Crippen LogP contribution in [-0.4, -0.2) is 40.0 Å². The number of rotatable bonds is 6. The molecule has 0 saturated carbocycles. The summed E-state index contributed by atoms with van der Waals surface area (Å²) in [4.78, 5) is 0. The third-order valence-electron chi connectivity index (χ3n) is 3.42. The van der Waals surface area contributed by atoms with Crippen LogP contribution < -0.4 is 5.32 Å². The quantitative estimate of drug-likeness (QED) is 0.824. The molecule has 102 valence electrons. The normalized spacial score (nSPS) is 19.0. The van der Waals surface area contributed by atoms with E-state index in [1.807, 2.05) is 4.68 Å². The predicted octanol–water partition coefficient (Wildman–Crippen LogP) is 1.16. The number of ether oxygens (including phenoxy) is 1. The third-order valence-corrected chi connectivity index (χ3v) is 3.42. The minimum Gasteiger partial charge on any atom is -0.381 e. The molecule has 1 unspecified atom stereocenters. The molecule has 1 fully saturated rings. The minimum absolute atomic E-state index is 0.208. The average molecular weight is 253 g/mol. The molecule has 1 aromatic rings. The molecule has 2 heterocycles. The minimum atomic E-state index is 0.208. The van der Waals surface area contributed by atoms with Gasteiger partial charge in [-0.25, -0.2) is 4.68 Å². The zero-order valence-corrected chi connectivity index (χ0v) is 11.3. The van der Waals surface area contributed by atoms with Crippen LogP contribution in [0, 0.1) is 5.92 Å². The zero-order chi connectivity index (χ0) is 12.8. The second kappa shape index (κ2) is 6.80. The Morgan fingerprint density at radius 2 is 2.22 bits per heavy atom. The lowest BCUT2D eigenvalue weighted by molar-refractivity contribution is 0.0595. The van der Waals surface area contributed by atoms with Gasteiger partial charge in [-0.3, -0.25) is 0 Å². The van der Waals surface area contributed by atoms with Crippen molar-refractivity contribution in [2.75, 3.05) is 19.8 Å². The molecular formula is C12H23N5O. The summed E-state index contributed by atoms with van der Waals surface area (Å²) < 4.78 is 7.32. The van der Waals surface area contributed by atoms with Crippen LogP contribution in [0.1, 0.15) is 45.0 Å². The maximum atomic E-state index is 5.38. The van der Waals surface area contributed by atoms with Gasteiger partial charge in [-0.15, -0.1) is 5.10 Å². The van der Waals surface area contributed by atoms with Gasteiger partial charge in [0.2, 0.25) is 0 Å². The standard InChI is InChI=1S/C12H23N5O/c1-3-6-13-10(2)12-14-15-16-17(12)9-11-4-7-18-8-5-11/h10-11,13H,3-9H2,1-2H3. The van der Waals surface area contributed by atoms with E-state index >= 15 is 0 Å². The summed E-state index contributed by atoms with van der Waals surface area (Å²) in [7, 11) is 0. The number of tetrazole rings is 1. The Labute approximate surface area is 108 Å². The van der Waals surface area contributed by atoms with Crippen molar-refractivity contribution in [3.8, 4) is 0 Å². The zero-order valence-electron chi connectivity index (χ0n) is 11.3. The number of nitrogens with one attached hydrogen (secondary N) is 1. The summed E-state index contributed by atoms with van der Waals surface area (Å²) in [5.74, 6) is 1.58. The summed E-state index contributed by atoms with van der Waals surface area (Å²) in [5.41, 5.74) is 0. The average Bonchev–Trinajstić information content (AvgIpc) is 2.85. The molecule has 1 atom stereocenters. The van der Waals surface area contributed by atoms with Crippen molar-refractivity contribution in [3.05, 3.63) is 5.82 Å². The Bertz CT molecular complexity index is 348. The molecule has 2 rings (SSSR count). The maximum Gasteiger partial charge on any atom is 0.167 e. The van der Waals surface area contributed by atoms with Gasteiger partial charge in [0.05, 0.1) is 6.04 Å². The summed E-state index contributed by atoms with van der Waals surface area (Å²) in [6.45, 7) is 7.90. The molecule has 0 aliphatic carbocycles. The van der Waals surface area contributed by atoms with Gasteiger partial charge < -0.3 is 10.1 Å². The molecule has 1 aliphatic heterocycles. The van der Waals surface area contributed by atoms with Crippen molar-refractivity contribution < 1.29 is 4.74 Å². The molecule has 6 nitrogen and oxygen atoms in total. The fourth-order valence-electron chi connectivity index (χ4n) is 2.28. The van der Waals surface area contributed by atoms with Crippen LogP contribution in [0.4, 0.5) is 0 Å². The lowest BCUT2D eigenvalue weighted by atomic mass is 10.0. The van der Waals surface area contributed by atoms with Crippen molar-refractivity contribution in [2.24, 2.45) is 5.92 Å². The monoisotopic (exact) mass is 253 g/mol. The van der Waals surface area contributed by atoms with Crippen LogP contribution in [0.25, 0.3) is 0 Å². The van der Waals surface area contributed by atoms with Crippen LogP contribution in [0.3, 0.4) is 0 Å². The summed E-state index contributed by atoms with van der Waals surface area (Å²) >= 11 is 0. The molecule has 0 radical (unpaired) electrons. The Kier molecular flexibility index (Phi) is 5.07. The van der Waals surface area contributed by atoms with E-state index < -0.39 is 0 Å². The first kappa shape index (κ1) is 13.4. The fraction of sp³-hybridized carbons (Fsp3) is 0.917. The van der Waals surface area contributed by atoms with Crippen LogP contribution in [-0.2, 0) is 11.3 Å². The van der Waals surface area contributed by atoms with Crippen molar-refractivity contribution in [3.63, 3.8) is 0 Å². The van der Waals surface area contributed by atoms with E-state index in [-0.39, 0.29) is 6.04 Å². The van der Waals surface area contributed by atoms with E-state index in [0.717, 1.165) is 51.4 Å². The van der Waals surface area contributed by atoms with E-state index in [4.69, 9.17) is 4.74 Å². The van der Waals surface area contributed by atoms with Crippen molar-refractivity contribution in [1.82, 2.24) is 25.5 Å². The topological polar surface area (TPSA) is 64.9 Å². The Balaban J connectivity index is 1.93. The van der Waals surface area contributed by atoms with E-state index in [9.17, 15) is 0 Å². The van der Waals surface area contributed by atoms with Crippen molar-refractivity contribution >= 4 is 0 Å². The lowest BCUT2D eigenvalue weighted by Gasteiger charge is -2.22. The molecule has 18 heavy (non-hydrogen) atoms. The maximum absolute atomic E-state index is 5.38. The molecule has 6 heteroatoms. The molecule has 0 bridgehead atoms. The first-order chi connectivity index (χ1) is 8.81. The molecule has 1 N–H and O–H groups in total. The second-order valence-corrected chi connectivity index (χ2v) is 4.95. The highest BCUT2D eigenvalue weighted by Crippen LogP contribution is 2.18. The summed E-state index contributed by atoms with van der Waals surface area (Å²) in [6, 6.07) is 0.208. The second-order valence-electron chi connectivity index (χ2n) is 4.95. The first-order valence-corrected chi connectivity index (χ1v) is 6.88. The van der Waals surface area contributed by atoms with E-state index in [1.165, 1.54) is 0 Å². The molecular weight excluding hydrogens is 230 g/mol. The third kappa shape index (κ3) is 3.49. The first-order valence-electron chi connectivity index (χ1n) is 6.88. The number of hydrogen-bond acceptors (Lipinski definition) is 5. The molecule has 0 spiro atoms. The highest BCUT2D eigenvalue weighted by molar-refractivity contribution is 4.90. The van der Waals surface area contributed by atoms with Gasteiger partial charge in [-0.05, 0) is 49.1 Å². The molecule has 1 aliphatic rings. The van der Waals surface area contributed by atoms with E-state index in [0.29, 0.717) is 5.92 Å². The Morgan fingerprint density at radius 3 is 2.94 bits per heavy atom. The highest BCUT2D eigenvalue weighted by Gasteiger charge is 2.19. The molecule has 1 saturated heterocycles. The van der Waals surface area contributed by atoms with Crippen LogP contribution in [0.5, 0.6) is 0 Å². The van der Waals surface area contributed by atoms with E-state index in [1.54, 1.807) is 0 Å². The van der Waals surface area contributed by atoms with E-state index in [2.05, 4.69) is 34.7 Å². The Hall–Kier alpha value is -1.01. The van der Waals surface area contributed by atoms with Gasteiger partial charge in [0, 0.05) is 19.8 Å². The van der Waals surface area contributed by atoms with Crippen LogP contribution in [0.2, 0.25) is 0 Å². The van der Waals surface area contributed by atoms with Gasteiger partial charge in [0.25, 0.3) is 0 Å². The lowest BCUT2D eigenvalue weighted by Crippen LogP contribution is -2.26. The summed E-state index contributed by atoms with van der Waals surface area (Å²) in [5, 5.41) is 15.5. The highest BCUT2D eigenvalue weighted by atomic mass is 16.5. The molecule has 0 amide bonds. The van der Waals surface area contributed by atoms with Gasteiger partial charge >= 0.3 is 0 Å². The molecule has 0 aromatic carbocycles. The van der Waals surface area contributed by atoms with Gasteiger partial charge in [0.15, 0.2) is 5.82 Å². The van der Waals surface area contributed by atoms with Gasteiger partial charge in [0.1, 0.15) is 0 Å². The number of hydrogen-bond donors (Lipinski definition) is 1. The van der Waals surface area contributed by atoms with Crippen molar-refractivity contribution in [2.45, 2.75) is 45.7 Å². The smallest absolute Gasteiger partial charge is 0.167 e. The number of nitrogens with zero attached hydrogens (tertiary/aromatic N) is 4.